The predicted octanol–water partition coefficient (Wildman–Crippen LogP) is 1.87. The number of ether oxygens (including phenoxy) is 1. The Morgan fingerprint density at radius 1 is 1.14 bits per heavy atom. The van der Waals surface area contributed by atoms with Gasteiger partial charge in [-0.1, -0.05) is 29.8 Å². The fraction of sp³-hybridized carbons (Fsp3) is 0.133. The van der Waals surface area contributed by atoms with Crippen LogP contribution in [0.4, 0.5) is 5.69 Å². The molecular weight excluding hydrogens is 306 g/mol. The lowest BCUT2D eigenvalue weighted by Gasteiger charge is -2.08. The maximum absolute atomic E-state index is 11.7. The third kappa shape index (κ3) is 5.41. The average molecular weight is 320 g/mol. The lowest BCUT2D eigenvalue weighted by molar-refractivity contribution is -0.125. The molecule has 0 spiro atoms. The van der Waals surface area contributed by atoms with E-state index >= 15 is 0 Å². The molecule has 0 fully saturated rings. The Balaban J connectivity index is 1.70. The van der Waals surface area contributed by atoms with Crippen LogP contribution in [0.1, 0.15) is 0 Å². The molecule has 0 aliphatic heterocycles. The number of carbonyl (C=O) groups is 2. The molecule has 1 aromatic carbocycles. The summed E-state index contributed by atoms with van der Waals surface area (Å²) in [5, 5.41) is 5.33. The van der Waals surface area contributed by atoms with Gasteiger partial charge in [0.2, 0.25) is 5.91 Å². The van der Waals surface area contributed by atoms with Crippen molar-refractivity contribution in [2.75, 3.05) is 18.5 Å². The number of hydrogen-bond acceptors (Lipinski definition) is 4. The zero-order valence-corrected chi connectivity index (χ0v) is 12.3. The molecular formula is C15H14ClN3O3. The molecule has 0 aliphatic carbocycles. The van der Waals surface area contributed by atoms with Crippen LogP contribution >= 0.6 is 11.6 Å². The number of halogens is 1. The lowest BCUT2D eigenvalue weighted by atomic mass is 10.3. The molecule has 0 saturated heterocycles. The highest BCUT2D eigenvalue weighted by Gasteiger charge is 2.07. The molecule has 0 unspecified atom stereocenters. The average Bonchev–Trinajstić information content (AvgIpc) is 2.52. The molecule has 6 nitrogen and oxygen atoms in total. The smallest absolute Gasteiger partial charge is 0.258 e. The van der Waals surface area contributed by atoms with Crippen molar-refractivity contribution in [1.82, 2.24) is 10.3 Å². The summed E-state index contributed by atoms with van der Waals surface area (Å²) in [6.07, 6.45) is 1.48. The second-order valence-corrected chi connectivity index (χ2v) is 4.68. The van der Waals surface area contributed by atoms with E-state index in [1.165, 1.54) is 12.3 Å². The van der Waals surface area contributed by atoms with Crippen LogP contribution in [0.2, 0.25) is 5.15 Å². The SMILES string of the molecule is O=C(COc1ccccc1)NCC(=O)Nc1ccnc(Cl)c1. The van der Waals surface area contributed by atoms with Gasteiger partial charge >= 0.3 is 0 Å². The minimum absolute atomic E-state index is 0.154. The molecule has 1 heterocycles. The van der Waals surface area contributed by atoms with Crippen LogP contribution in [0.25, 0.3) is 0 Å². The number of amides is 2. The number of rotatable bonds is 6. The van der Waals surface area contributed by atoms with E-state index in [9.17, 15) is 9.59 Å². The van der Waals surface area contributed by atoms with Crippen LogP contribution in [0.3, 0.4) is 0 Å². The minimum atomic E-state index is -0.383. The van der Waals surface area contributed by atoms with E-state index in [4.69, 9.17) is 16.3 Å². The minimum Gasteiger partial charge on any atom is -0.484 e. The number of nitrogens with one attached hydrogen (secondary N) is 2. The monoisotopic (exact) mass is 319 g/mol. The van der Waals surface area contributed by atoms with Gasteiger partial charge in [-0.05, 0) is 24.3 Å². The summed E-state index contributed by atoms with van der Waals surface area (Å²) in [7, 11) is 0. The number of anilines is 1. The maximum Gasteiger partial charge on any atom is 0.258 e. The number of hydrogen-bond donors (Lipinski definition) is 2. The van der Waals surface area contributed by atoms with Gasteiger partial charge < -0.3 is 15.4 Å². The van der Waals surface area contributed by atoms with Crippen LogP contribution in [-0.2, 0) is 9.59 Å². The van der Waals surface area contributed by atoms with Gasteiger partial charge in [0.15, 0.2) is 6.61 Å². The first-order chi connectivity index (χ1) is 10.6. The van der Waals surface area contributed by atoms with Crippen molar-refractivity contribution in [3.05, 3.63) is 53.8 Å². The molecule has 0 atom stereocenters. The first-order valence-corrected chi connectivity index (χ1v) is 6.87. The highest BCUT2D eigenvalue weighted by Crippen LogP contribution is 2.11. The zero-order valence-electron chi connectivity index (χ0n) is 11.6. The molecule has 2 N–H and O–H groups in total. The Morgan fingerprint density at radius 2 is 1.91 bits per heavy atom. The molecule has 2 amide bonds. The fourth-order valence-corrected chi connectivity index (χ4v) is 1.75. The first kappa shape index (κ1) is 15.8. The van der Waals surface area contributed by atoms with Crippen LogP contribution < -0.4 is 15.4 Å². The number of aromatic nitrogens is 1. The van der Waals surface area contributed by atoms with Gasteiger partial charge in [0.05, 0.1) is 6.54 Å². The van der Waals surface area contributed by atoms with Gasteiger partial charge in [-0.15, -0.1) is 0 Å². The van der Waals surface area contributed by atoms with Crippen molar-refractivity contribution in [3.8, 4) is 5.75 Å². The Kier molecular flexibility index (Phi) is 5.73. The summed E-state index contributed by atoms with van der Waals surface area (Å²) in [6, 6.07) is 12.1. The summed E-state index contributed by atoms with van der Waals surface area (Å²) in [6.45, 7) is -0.310. The molecule has 0 saturated carbocycles. The maximum atomic E-state index is 11.7. The summed E-state index contributed by atoms with van der Waals surface area (Å²) >= 11 is 5.71. The normalized spacial score (nSPS) is 9.86. The van der Waals surface area contributed by atoms with Crippen molar-refractivity contribution < 1.29 is 14.3 Å². The Morgan fingerprint density at radius 3 is 2.64 bits per heavy atom. The van der Waals surface area contributed by atoms with Crippen molar-refractivity contribution in [1.29, 1.82) is 0 Å². The standard InChI is InChI=1S/C15H14ClN3O3/c16-13-8-11(6-7-17-13)19-14(20)9-18-15(21)10-22-12-4-2-1-3-5-12/h1-8H,9-10H2,(H,18,21)(H,17,19,20). The number of carbonyl (C=O) groups excluding carboxylic acids is 2. The number of para-hydroxylation sites is 1. The van der Waals surface area contributed by atoms with Gasteiger partial charge in [0.25, 0.3) is 5.91 Å². The summed E-state index contributed by atoms with van der Waals surface area (Å²) in [5.74, 6) is -0.157. The van der Waals surface area contributed by atoms with Gasteiger partial charge in [-0.25, -0.2) is 4.98 Å². The van der Waals surface area contributed by atoms with E-state index in [0.29, 0.717) is 11.4 Å². The number of benzene rings is 1. The van der Waals surface area contributed by atoms with Crippen molar-refractivity contribution in [2.45, 2.75) is 0 Å². The van der Waals surface area contributed by atoms with Gasteiger partial charge in [-0.3, -0.25) is 9.59 Å². The Bertz CT molecular complexity index is 649. The summed E-state index contributed by atoms with van der Waals surface area (Å²) in [5.41, 5.74) is 0.514. The predicted molar refractivity (Wildman–Crippen MR) is 82.8 cm³/mol. The Hall–Kier alpha value is -2.60. The third-order valence-corrected chi connectivity index (χ3v) is 2.78. The van der Waals surface area contributed by atoms with E-state index in [0.717, 1.165) is 0 Å². The van der Waals surface area contributed by atoms with Crippen LogP contribution in [0.15, 0.2) is 48.7 Å². The molecule has 0 radical (unpaired) electrons. The highest BCUT2D eigenvalue weighted by atomic mass is 35.5. The molecule has 7 heteroatoms. The van der Waals surface area contributed by atoms with E-state index in [1.807, 2.05) is 6.07 Å². The second kappa shape index (κ2) is 7.99. The van der Waals surface area contributed by atoms with E-state index in [1.54, 1.807) is 30.3 Å². The highest BCUT2D eigenvalue weighted by molar-refractivity contribution is 6.29. The molecule has 2 aromatic rings. The largest absolute Gasteiger partial charge is 0.484 e. The van der Waals surface area contributed by atoms with Crippen molar-refractivity contribution >= 4 is 29.1 Å². The number of nitrogens with zero attached hydrogens (tertiary/aromatic N) is 1. The fourth-order valence-electron chi connectivity index (χ4n) is 1.58. The lowest BCUT2D eigenvalue weighted by Crippen LogP contribution is -2.35. The van der Waals surface area contributed by atoms with Crippen molar-refractivity contribution in [3.63, 3.8) is 0 Å². The van der Waals surface area contributed by atoms with E-state index in [-0.39, 0.29) is 30.1 Å². The summed E-state index contributed by atoms with van der Waals surface area (Å²) < 4.78 is 5.26. The van der Waals surface area contributed by atoms with Gasteiger partial charge in [-0.2, -0.15) is 0 Å². The molecule has 22 heavy (non-hydrogen) atoms. The van der Waals surface area contributed by atoms with Gasteiger partial charge in [0, 0.05) is 11.9 Å². The zero-order chi connectivity index (χ0) is 15.8. The molecule has 0 bridgehead atoms. The van der Waals surface area contributed by atoms with E-state index < -0.39 is 0 Å². The summed E-state index contributed by atoms with van der Waals surface area (Å²) in [4.78, 5) is 27.1. The van der Waals surface area contributed by atoms with E-state index in [2.05, 4.69) is 15.6 Å². The molecule has 0 aliphatic rings. The van der Waals surface area contributed by atoms with Crippen LogP contribution in [0.5, 0.6) is 5.75 Å². The quantitative estimate of drug-likeness (QED) is 0.797. The molecule has 114 valence electrons. The van der Waals surface area contributed by atoms with Crippen LogP contribution in [-0.4, -0.2) is 29.9 Å². The first-order valence-electron chi connectivity index (χ1n) is 6.49. The number of pyridine rings is 1. The molecule has 2 rings (SSSR count). The Labute approximate surface area is 132 Å². The second-order valence-electron chi connectivity index (χ2n) is 4.29. The molecule has 1 aromatic heterocycles. The van der Waals surface area contributed by atoms with Crippen LogP contribution in [0, 0.1) is 0 Å². The third-order valence-electron chi connectivity index (χ3n) is 2.57. The van der Waals surface area contributed by atoms with Gasteiger partial charge in [0.1, 0.15) is 10.9 Å². The topological polar surface area (TPSA) is 80.3 Å². The van der Waals surface area contributed by atoms with Crippen molar-refractivity contribution in [2.24, 2.45) is 0 Å².